The Balaban J connectivity index is 2.33. The number of amides is 2. The van der Waals surface area contributed by atoms with Crippen molar-refractivity contribution < 1.29 is 19.5 Å². The summed E-state index contributed by atoms with van der Waals surface area (Å²) >= 11 is 0. The molecular weight excluding hydrogens is 328 g/mol. The lowest BCUT2D eigenvalue weighted by Gasteiger charge is -2.08. The Kier molecular flexibility index (Phi) is 5.20. The van der Waals surface area contributed by atoms with Crippen LogP contribution in [0.15, 0.2) is 12.4 Å². The fourth-order valence-electron chi connectivity index (χ4n) is 2.17. The highest BCUT2D eigenvalue weighted by atomic mass is 16.4. The zero-order valence-electron chi connectivity index (χ0n) is 14.4. The zero-order valence-corrected chi connectivity index (χ0v) is 14.4. The molecule has 0 saturated carbocycles. The van der Waals surface area contributed by atoms with Crippen molar-refractivity contribution >= 4 is 23.5 Å². The first kappa shape index (κ1) is 18.2. The summed E-state index contributed by atoms with van der Waals surface area (Å²) in [5.41, 5.74) is -0.228. The van der Waals surface area contributed by atoms with Crippen LogP contribution >= 0.6 is 0 Å². The zero-order chi connectivity index (χ0) is 18.7. The van der Waals surface area contributed by atoms with E-state index in [1.54, 1.807) is 13.8 Å². The summed E-state index contributed by atoms with van der Waals surface area (Å²) in [6.45, 7) is 5.95. The van der Waals surface area contributed by atoms with Gasteiger partial charge in [-0.25, -0.2) is 4.79 Å². The quantitative estimate of drug-likeness (QED) is 0.705. The van der Waals surface area contributed by atoms with Crippen LogP contribution in [0.3, 0.4) is 0 Å². The van der Waals surface area contributed by atoms with Crippen molar-refractivity contribution in [2.45, 2.75) is 33.4 Å². The monoisotopic (exact) mass is 348 g/mol. The Morgan fingerprint density at radius 3 is 2.40 bits per heavy atom. The molecule has 2 rings (SSSR count). The molecule has 0 atom stereocenters. The third kappa shape index (κ3) is 4.03. The number of carbonyl (C=O) groups is 3. The second kappa shape index (κ2) is 7.16. The van der Waals surface area contributed by atoms with E-state index in [1.165, 1.54) is 28.8 Å². The van der Waals surface area contributed by atoms with Gasteiger partial charge in [0.1, 0.15) is 5.56 Å². The average Bonchev–Trinajstić information content (AvgIpc) is 3.10. The van der Waals surface area contributed by atoms with Gasteiger partial charge in [-0.05, 0) is 20.8 Å². The minimum atomic E-state index is -1.26. The van der Waals surface area contributed by atoms with Gasteiger partial charge in [-0.3, -0.25) is 19.0 Å². The van der Waals surface area contributed by atoms with E-state index in [1.807, 2.05) is 6.92 Å². The topological polar surface area (TPSA) is 131 Å². The Labute approximate surface area is 143 Å². The normalized spacial score (nSPS) is 10.8. The molecule has 0 aliphatic carbocycles. The number of nitrogens with one attached hydrogen (secondary N) is 2. The molecule has 0 bridgehead atoms. The van der Waals surface area contributed by atoms with Crippen LogP contribution in [-0.4, -0.2) is 48.5 Å². The Morgan fingerprint density at radius 2 is 1.84 bits per heavy atom. The average molecular weight is 348 g/mol. The summed E-state index contributed by atoms with van der Waals surface area (Å²) in [6.07, 6.45) is 2.75. The SMILES string of the molecule is CCn1cc(NC(=O)c2nn(C)cc2C(=O)O)c(C(=O)NC(C)C)n1. The molecule has 3 N–H and O–H groups in total. The Bertz CT molecular complexity index is 820. The van der Waals surface area contributed by atoms with Crippen LogP contribution in [0.2, 0.25) is 0 Å². The van der Waals surface area contributed by atoms with E-state index in [9.17, 15) is 14.4 Å². The van der Waals surface area contributed by atoms with E-state index < -0.39 is 17.8 Å². The molecule has 10 nitrogen and oxygen atoms in total. The maximum atomic E-state index is 12.4. The number of aryl methyl sites for hydroxylation is 2. The fraction of sp³-hybridized carbons (Fsp3) is 0.400. The Morgan fingerprint density at radius 1 is 1.16 bits per heavy atom. The number of carboxylic acid groups (broad SMARTS) is 1. The van der Waals surface area contributed by atoms with Crippen LogP contribution in [-0.2, 0) is 13.6 Å². The van der Waals surface area contributed by atoms with E-state index in [0.717, 1.165) is 0 Å². The van der Waals surface area contributed by atoms with Crippen molar-refractivity contribution in [1.29, 1.82) is 0 Å². The molecule has 25 heavy (non-hydrogen) atoms. The van der Waals surface area contributed by atoms with E-state index in [0.29, 0.717) is 6.54 Å². The summed E-state index contributed by atoms with van der Waals surface area (Å²) < 4.78 is 2.74. The minimum Gasteiger partial charge on any atom is -0.478 e. The van der Waals surface area contributed by atoms with Gasteiger partial charge in [0.15, 0.2) is 11.4 Å². The van der Waals surface area contributed by atoms with Crippen LogP contribution < -0.4 is 10.6 Å². The van der Waals surface area contributed by atoms with Crippen molar-refractivity contribution in [1.82, 2.24) is 24.9 Å². The number of rotatable bonds is 6. The number of hydrogen-bond acceptors (Lipinski definition) is 5. The molecule has 2 heterocycles. The molecule has 2 aromatic heterocycles. The van der Waals surface area contributed by atoms with Gasteiger partial charge in [-0.1, -0.05) is 0 Å². The minimum absolute atomic E-state index is 0.0525. The maximum absolute atomic E-state index is 12.4. The molecule has 0 spiro atoms. The van der Waals surface area contributed by atoms with Crippen LogP contribution in [0.4, 0.5) is 5.69 Å². The van der Waals surface area contributed by atoms with Crippen LogP contribution in [0.25, 0.3) is 0 Å². The molecule has 2 amide bonds. The molecular formula is C15H20N6O4. The highest BCUT2D eigenvalue weighted by Gasteiger charge is 2.24. The molecule has 0 aliphatic heterocycles. The lowest BCUT2D eigenvalue weighted by Crippen LogP contribution is -2.31. The molecule has 0 saturated heterocycles. The van der Waals surface area contributed by atoms with E-state index in [4.69, 9.17) is 5.11 Å². The van der Waals surface area contributed by atoms with Gasteiger partial charge < -0.3 is 15.7 Å². The van der Waals surface area contributed by atoms with Gasteiger partial charge in [0.2, 0.25) is 0 Å². The van der Waals surface area contributed by atoms with Crippen molar-refractivity contribution in [2.24, 2.45) is 7.05 Å². The standard InChI is InChI=1S/C15H20N6O4/c1-5-21-7-10(12(19-21)14(23)16-8(2)3)17-13(22)11-9(15(24)25)6-20(4)18-11/h6-8H,5H2,1-4H3,(H,16,23)(H,17,22)(H,24,25). The third-order valence-electron chi connectivity index (χ3n) is 3.24. The Hall–Kier alpha value is -3.17. The number of nitrogens with zero attached hydrogens (tertiary/aromatic N) is 4. The predicted octanol–water partition coefficient (Wildman–Crippen LogP) is 0.725. The van der Waals surface area contributed by atoms with Crippen molar-refractivity contribution in [2.75, 3.05) is 5.32 Å². The summed E-state index contributed by atoms with van der Waals surface area (Å²) in [4.78, 5) is 35.9. The van der Waals surface area contributed by atoms with E-state index in [-0.39, 0.29) is 28.7 Å². The van der Waals surface area contributed by atoms with Crippen molar-refractivity contribution in [3.8, 4) is 0 Å². The van der Waals surface area contributed by atoms with Gasteiger partial charge in [-0.2, -0.15) is 10.2 Å². The molecule has 10 heteroatoms. The molecule has 0 radical (unpaired) electrons. The van der Waals surface area contributed by atoms with Gasteiger partial charge in [0.25, 0.3) is 11.8 Å². The molecule has 0 unspecified atom stereocenters. The van der Waals surface area contributed by atoms with E-state index in [2.05, 4.69) is 20.8 Å². The predicted molar refractivity (Wildman–Crippen MR) is 88.6 cm³/mol. The third-order valence-corrected chi connectivity index (χ3v) is 3.24. The van der Waals surface area contributed by atoms with Crippen molar-refractivity contribution in [3.63, 3.8) is 0 Å². The summed E-state index contributed by atoms with van der Waals surface area (Å²) in [7, 11) is 1.51. The number of aromatic carboxylic acids is 1. The fourth-order valence-corrected chi connectivity index (χ4v) is 2.17. The van der Waals surface area contributed by atoms with Crippen molar-refractivity contribution in [3.05, 3.63) is 29.3 Å². The van der Waals surface area contributed by atoms with Crippen LogP contribution in [0.5, 0.6) is 0 Å². The first-order valence-corrected chi connectivity index (χ1v) is 7.69. The molecule has 134 valence electrons. The summed E-state index contributed by atoms with van der Waals surface area (Å²) in [5, 5.41) is 22.4. The summed E-state index contributed by atoms with van der Waals surface area (Å²) in [6, 6.07) is -0.0998. The molecule has 0 fully saturated rings. The second-order valence-corrected chi connectivity index (χ2v) is 5.70. The highest BCUT2D eigenvalue weighted by Crippen LogP contribution is 2.17. The number of aromatic nitrogens is 4. The highest BCUT2D eigenvalue weighted by molar-refractivity contribution is 6.11. The molecule has 2 aromatic rings. The lowest BCUT2D eigenvalue weighted by atomic mass is 10.2. The largest absolute Gasteiger partial charge is 0.478 e. The van der Waals surface area contributed by atoms with Crippen LogP contribution in [0.1, 0.15) is 52.1 Å². The number of hydrogen-bond donors (Lipinski definition) is 3. The number of carbonyl (C=O) groups excluding carboxylic acids is 2. The second-order valence-electron chi connectivity index (χ2n) is 5.70. The number of anilines is 1. The lowest BCUT2D eigenvalue weighted by molar-refractivity contribution is 0.0692. The smallest absolute Gasteiger partial charge is 0.339 e. The first-order chi connectivity index (χ1) is 11.7. The summed E-state index contributed by atoms with van der Waals surface area (Å²) in [5.74, 6) is -2.43. The maximum Gasteiger partial charge on any atom is 0.339 e. The molecule has 0 aliphatic rings. The van der Waals surface area contributed by atoms with Gasteiger partial charge >= 0.3 is 5.97 Å². The first-order valence-electron chi connectivity index (χ1n) is 7.69. The van der Waals surface area contributed by atoms with Gasteiger partial charge in [0, 0.05) is 32.0 Å². The van der Waals surface area contributed by atoms with E-state index >= 15 is 0 Å². The van der Waals surface area contributed by atoms with Gasteiger partial charge in [0.05, 0.1) is 5.69 Å². The van der Waals surface area contributed by atoms with Gasteiger partial charge in [-0.15, -0.1) is 0 Å². The van der Waals surface area contributed by atoms with Crippen LogP contribution in [0, 0.1) is 0 Å². The molecule has 0 aromatic carbocycles. The number of carboxylic acids is 1.